The number of nitriles is 1. The van der Waals surface area contributed by atoms with Gasteiger partial charge in [0.15, 0.2) is 9.84 Å². The molecule has 1 saturated carbocycles. The summed E-state index contributed by atoms with van der Waals surface area (Å²) in [6.45, 7) is 16.0. The van der Waals surface area contributed by atoms with Crippen LogP contribution in [0.3, 0.4) is 0 Å². The largest absolute Gasteiger partial charge is 0.489 e. The third-order valence-electron chi connectivity index (χ3n) is 14.9. The van der Waals surface area contributed by atoms with E-state index in [9.17, 15) is 23.3 Å². The number of hydrogen-bond acceptors (Lipinski definition) is 10. The average molecular weight is 968 g/mol. The minimum absolute atomic E-state index is 0.0371. The van der Waals surface area contributed by atoms with Crippen LogP contribution in [0.2, 0.25) is 5.02 Å². The molecule has 68 heavy (non-hydrogen) atoms. The Kier molecular flexibility index (Phi) is 14.1. The second-order valence-corrected chi connectivity index (χ2v) is 23.2. The number of nitrogens with one attached hydrogen (secondary N) is 2. The minimum Gasteiger partial charge on any atom is -0.489 e. The molecule has 362 valence electrons. The first kappa shape index (κ1) is 49.0. The number of aryl methyl sites for hydroxylation is 1. The van der Waals surface area contributed by atoms with Crippen molar-refractivity contribution in [3.05, 3.63) is 94.1 Å². The van der Waals surface area contributed by atoms with Gasteiger partial charge in [-0.05, 0) is 72.5 Å². The lowest BCUT2D eigenvalue weighted by Gasteiger charge is -2.63. The summed E-state index contributed by atoms with van der Waals surface area (Å²) in [4.78, 5) is 33.5. The summed E-state index contributed by atoms with van der Waals surface area (Å²) >= 11 is 6.29. The summed E-state index contributed by atoms with van der Waals surface area (Å²) in [7, 11) is 2.50. The molecule has 5 aliphatic rings. The highest BCUT2D eigenvalue weighted by atomic mass is 35.5. The van der Waals surface area contributed by atoms with Gasteiger partial charge in [-0.1, -0.05) is 64.4 Å². The molecule has 14 nitrogen and oxygen atoms in total. The van der Waals surface area contributed by atoms with Crippen molar-refractivity contribution in [3.8, 4) is 23.3 Å². The number of sulfone groups is 1. The van der Waals surface area contributed by atoms with Crippen LogP contribution in [0.25, 0.3) is 5.57 Å². The Morgan fingerprint density at radius 2 is 1.75 bits per heavy atom. The predicted molar refractivity (Wildman–Crippen MR) is 265 cm³/mol. The van der Waals surface area contributed by atoms with Gasteiger partial charge in [-0.25, -0.2) is 13.0 Å². The lowest BCUT2D eigenvalue weighted by Crippen LogP contribution is -2.75. The molecule has 0 spiro atoms. The van der Waals surface area contributed by atoms with Crippen LogP contribution in [-0.2, 0) is 31.6 Å². The Hall–Kier alpha value is -5.43. The highest BCUT2D eigenvalue weighted by Gasteiger charge is 2.64. The van der Waals surface area contributed by atoms with Crippen LogP contribution in [0.1, 0.15) is 69.7 Å². The van der Waals surface area contributed by atoms with E-state index >= 15 is 0 Å². The Bertz CT molecular complexity index is 2690. The molecule has 2 N–H and O–H groups in total. The SMILES string of the molecule is CCS(=O)(=O)Cc1ccc(Oc2cccc(CCCN3CCN(C4=[N+](C)CC(C(=O)NC5C(C)(C)C(Oc6ccc(C#N)c(Cl)c6)C5(C)C)CN4)CC3)c2)c(C2=CN(C)C(=O)C3C2CC=[N+]3C)c1. The number of rotatable bonds is 14. The number of carbonyl (C=O) groups is 2. The van der Waals surface area contributed by atoms with Crippen LogP contribution in [0.4, 0.5) is 0 Å². The highest BCUT2D eigenvalue weighted by molar-refractivity contribution is 7.90. The molecule has 16 heteroatoms. The molecule has 8 rings (SSSR count). The molecule has 3 aromatic rings. The van der Waals surface area contributed by atoms with Crippen LogP contribution < -0.4 is 20.1 Å². The van der Waals surface area contributed by atoms with Crippen molar-refractivity contribution in [1.82, 2.24) is 25.3 Å². The van der Waals surface area contributed by atoms with Gasteiger partial charge in [0, 0.05) is 67.0 Å². The number of carbonyl (C=O) groups excluding carboxylic acids is 2. The Morgan fingerprint density at radius 3 is 2.44 bits per heavy atom. The average Bonchev–Trinajstić information content (AvgIpc) is 3.70. The summed E-state index contributed by atoms with van der Waals surface area (Å²) in [6, 6.07) is 20.6. The topological polar surface area (TPSA) is 150 Å². The smallest absolute Gasteiger partial charge is 0.348 e. The Morgan fingerprint density at radius 1 is 1.00 bits per heavy atom. The molecular formula is C52H67ClN8O6S+2. The molecule has 4 heterocycles. The molecule has 0 radical (unpaired) electrons. The van der Waals surface area contributed by atoms with Gasteiger partial charge in [-0.3, -0.25) is 29.3 Å². The van der Waals surface area contributed by atoms with Gasteiger partial charge in [-0.15, -0.1) is 0 Å². The molecule has 1 aliphatic carbocycles. The molecule has 1 saturated heterocycles. The second-order valence-electron chi connectivity index (χ2n) is 20.5. The molecule has 2 fully saturated rings. The number of halogens is 1. The number of likely N-dealkylation sites (N-methyl/N-ethyl adjacent to an activating group) is 2. The molecule has 0 aromatic heterocycles. The molecule has 0 bridgehead atoms. The van der Waals surface area contributed by atoms with Crippen molar-refractivity contribution in [2.24, 2.45) is 22.7 Å². The lowest BCUT2D eigenvalue weighted by atomic mass is 9.49. The van der Waals surface area contributed by atoms with Crippen molar-refractivity contribution >= 4 is 51.0 Å². The number of amides is 2. The van der Waals surface area contributed by atoms with E-state index in [0.717, 1.165) is 62.7 Å². The summed E-state index contributed by atoms with van der Waals surface area (Å²) in [5, 5.41) is 16.6. The van der Waals surface area contributed by atoms with E-state index in [1.165, 1.54) is 5.56 Å². The van der Waals surface area contributed by atoms with Crippen molar-refractivity contribution in [3.63, 3.8) is 0 Å². The fourth-order valence-electron chi connectivity index (χ4n) is 11.4. The number of fused-ring (bicyclic) bond motifs is 1. The third-order valence-corrected chi connectivity index (χ3v) is 16.9. The molecule has 2 amide bonds. The van der Waals surface area contributed by atoms with Gasteiger partial charge in [-0.2, -0.15) is 5.26 Å². The van der Waals surface area contributed by atoms with Gasteiger partial charge >= 0.3 is 5.96 Å². The summed E-state index contributed by atoms with van der Waals surface area (Å²) < 4.78 is 42.6. The van der Waals surface area contributed by atoms with E-state index in [-0.39, 0.29) is 64.2 Å². The maximum absolute atomic E-state index is 13.8. The molecule has 4 aliphatic heterocycles. The summed E-state index contributed by atoms with van der Waals surface area (Å²) in [5.41, 5.74) is 3.37. The monoisotopic (exact) mass is 966 g/mol. The maximum atomic E-state index is 13.8. The van der Waals surface area contributed by atoms with E-state index in [2.05, 4.69) is 84.2 Å². The summed E-state index contributed by atoms with van der Waals surface area (Å²) in [5.74, 6) is 2.82. The Labute approximate surface area is 407 Å². The van der Waals surface area contributed by atoms with Gasteiger partial charge in [0.05, 0.1) is 61.4 Å². The van der Waals surface area contributed by atoms with Gasteiger partial charge in [0.2, 0.25) is 11.9 Å². The molecule has 3 atom stereocenters. The van der Waals surface area contributed by atoms with E-state index in [0.29, 0.717) is 52.9 Å². The zero-order valence-electron chi connectivity index (χ0n) is 40.7. The number of piperazine rings is 1. The van der Waals surface area contributed by atoms with E-state index in [4.69, 9.17) is 21.1 Å². The number of hydrogen-bond donors (Lipinski definition) is 2. The lowest BCUT2D eigenvalue weighted by molar-refractivity contribution is -0.516. The van der Waals surface area contributed by atoms with E-state index in [1.54, 1.807) is 37.1 Å². The van der Waals surface area contributed by atoms with Gasteiger partial charge < -0.3 is 19.7 Å². The zero-order valence-corrected chi connectivity index (χ0v) is 42.3. The van der Waals surface area contributed by atoms with Crippen LogP contribution in [-0.4, -0.2) is 147 Å². The number of nitrogens with zero attached hydrogens (tertiary/aromatic N) is 6. The first-order chi connectivity index (χ1) is 32.3. The number of benzene rings is 3. The van der Waals surface area contributed by atoms with Gasteiger partial charge in [0.25, 0.3) is 5.91 Å². The quantitative estimate of drug-likeness (QED) is 0.195. The van der Waals surface area contributed by atoms with Crippen LogP contribution in [0.15, 0.2) is 66.9 Å². The minimum atomic E-state index is -3.27. The van der Waals surface area contributed by atoms with E-state index < -0.39 is 9.84 Å². The van der Waals surface area contributed by atoms with Crippen LogP contribution in [0.5, 0.6) is 17.2 Å². The van der Waals surface area contributed by atoms with Crippen molar-refractivity contribution in [2.45, 2.75) is 77.8 Å². The fourth-order valence-corrected chi connectivity index (χ4v) is 12.5. The first-order valence-corrected chi connectivity index (χ1v) is 26.1. The predicted octanol–water partition coefficient (Wildman–Crippen LogP) is 5.62. The van der Waals surface area contributed by atoms with Crippen LogP contribution in [0, 0.1) is 34.0 Å². The zero-order chi connectivity index (χ0) is 48.7. The second kappa shape index (κ2) is 19.5. The van der Waals surface area contributed by atoms with E-state index in [1.807, 2.05) is 48.2 Å². The van der Waals surface area contributed by atoms with Crippen LogP contribution >= 0.6 is 11.6 Å². The van der Waals surface area contributed by atoms with Crippen molar-refractivity contribution < 1.29 is 36.6 Å². The molecular weight excluding hydrogens is 900 g/mol. The van der Waals surface area contributed by atoms with Crippen molar-refractivity contribution in [2.75, 3.05) is 72.7 Å². The van der Waals surface area contributed by atoms with Crippen molar-refractivity contribution in [1.29, 1.82) is 5.26 Å². The fraction of sp³-hybridized carbons (Fsp3) is 0.519. The molecule has 3 aromatic carbocycles. The highest BCUT2D eigenvalue weighted by Crippen LogP contribution is 2.55. The first-order valence-electron chi connectivity index (χ1n) is 23.9. The standard InChI is InChI=1S/C52H65ClN8O6S/c1-9-68(64,65)33-35-15-18-44(41(27-35)42-32-58(7)47(63)45-40(42)19-21-57(45)6)66-38-14-10-12-34(26-38)13-11-20-60-22-24-61(25-23-60)50-55-30-37(31-59(50)8)46(62)56-48-51(2,3)49(52(48,4)5)67-39-17-16-36(29-54)43(53)28-39/h10,12,14-18,21,26-28,32,37,40,45,48-49H,9,11,13,19-20,22-25,30-31,33H2,1-8H3/p+2. The Balaban J connectivity index is 0.829. The number of ether oxygens (including phenoxy) is 2. The maximum Gasteiger partial charge on any atom is 0.348 e. The number of guanidine groups is 1. The third kappa shape index (κ3) is 10.0. The van der Waals surface area contributed by atoms with Gasteiger partial charge in [0.1, 0.15) is 42.7 Å². The normalized spacial score (nSPS) is 24.5. The summed E-state index contributed by atoms with van der Waals surface area (Å²) in [6.07, 6.45) is 6.37. The molecule has 3 unspecified atom stereocenters.